The Kier molecular flexibility index (Phi) is 4.55. The van der Waals surface area contributed by atoms with Crippen molar-refractivity contribution in [3.63, 3.8) is 0 Å². The van der Waals surface area contributed by atoms with E-state index in [2.05, 4.69) is 30.4 Å². The number of hydrogen-bond acceptors (Lipinski definition) is 6. The molecule has 1 saturated heterocycles. The standard InChI is InChI=1S/C18H19N7O/c26-18(15-3-1-2-4-16(15)25-12-21-22-13-25)23-14-5-9-24(10-6-14)17-11-19-7-8-20-17/h1-4,7-8,11-14H,5-6,9-10H2,(H,23,26). The molecule has 1 aliphatic rings. The molecule has 0 unspecified atom stereocenters. The van der Waals surface area contributed by atoms with E-state index in [1.54, 1.807) is 35.8 Å². The third-order valence-electron chi connectivity index (χ3n) is 4.55. The van der Waals surface area contributed by atoms with Crippen molar-refractivity contribution in [2.45, 2.75) is 18.9 Å². The van der Waals surface area contributed by atoms with Gasteiger partial charge < -0.3 is 10.2 Å². The molecule has 3 heterocycles. The fraction of sp³-hybridized carbons (Fsp3) is 0.278. The van der Waals surface area contributed by atoms with Crippen LogP contribution in [0.3, 0.4) is 0 Å². The molecule has 2 aromatic heterocycles. The van der Waals surface area contributed by atoms with Crippen molar-refractivity contribution in [1.29, 1.82) is 0 Å². The van der Waals surface area contributed by atoms with Gasteiger partial charge in [-0.05, 0) is 25.0 Å². The molecule has 1 aromatic carbocycles. The van der Waals surface area contributed by atoms with Gasteiger partial charge in [-0.15, -0.1) is 10.2 Å². The summed E-state index contributed by atoms with van der Waals surface area (Å²) in [5.74, 6) is 0.808. The zero-order chi connectivity index (χ0) is 17.8. The van der Waals surface area contributed by atoms with Crippen molar-refractivity contribution in [2.24, 2.45) is 0 Å². The molecule has 1 N–H and O–H groups in total. The number of nitrogens with one attached hydrogen (secondary N) is 1. The first-order valence-electron chi connectivity index (χ1n) is 8.57. The molecule has 0 atom stereocenters. The van der Waals surface area contributed by atoms with Gasteiger partial charge in [-0.1, -0.05) is 12.1 Å². The number of benzene rings is 1. The van der Waals surface area contributed by atoms with Gasteiger partial charge in [0.15, 0.2) is 0 Å². The summed E-state index contributed by atoms with van der Waals surface area (Å²) in [6.45, 7) is 1.69. The zero-order valence-corrected chi connectivity index (χ0v) is 14.2. The van der Waals surface area contributed by atoms with Crippen molar-refractivity contribution >= 4 is 11.7 Å². The van der Waals surface area contributed by atoms with Gasteiger partial charge in [-0.25, -0.2) is 4.98 Å². The van der Waals surface area contributed by atoms with Gasteiger partial charge in [0.1, 0.15) is 18.5 Å². The number of hydrogen-bond donors (Lipinski definition) is 1. The maximum atomic E-state index is 12.8. The quantitative estimate of drug-likeness (QED) is 0.767. The molecule has 4 rings (SSSR count). The first-order valence-corrected chi connectivity index (χ1v) is 8.57. The van der Waals surface area contributed by atoms with Gasteiger partial charge >= 0.3 is 0 Å². The van der Waals surface area contributed by atoms with Gasteiger partial charge in [0.25, 0.3) is 5.91 Å². The first kappa shape index (κ1) is 16.2. The number of piperidine rings is 1. The zero-order valence-electron chi connectivity index (χ0n) is 14.2. The predicted molar refractivity (Wildman–Crippen MR) is 96.1 cm³/mol. The molecular formula is C18H19N7O. The van der Waals surface area contributed by atoms with Crippen molar-refractivity contribution in [1.82, 2.24) is 30.0 Å². The summed E-state index contributed by atoms with van der Waals surface area (Å²) < 4.78 is 1.74. The number of carbonyl (C=O) groups excluding carboxylic acids is 1. The third kappa shape index (κ3) is 3.39. The van der Waals surface area contributed by atoms with Crippen LogP contribution < -0.4 is 10.2 Å². The minimum Gasteiger partial charge on any atom is -0.355 e. The molecule has 8 nitrogen and oxygen atoms in total. The van der Waals surface area contributed by atoms with Crippen molar-refractivity contribution in [3.05, 3.63) is 61.1 Å². The summed E-state index contributed by atoms with van der Waals surface area (Å²) in [5, 5.41) is 10.8. The van der Waals surface area contributed by atoms with Crippen LogP contribution in [-0.4, -0.2) is 49.8 Å². The predicted octanol–water partition coefficient (Wildman–Crippen LogP) is 1.46. The van der Waals surface area contributed by atoms with Crippen LogP contribution in [0.2, 0.25) is 0 Å². The number of nitrogens with zero attached hydrogens (tertiary/aromatic N) is 6. The lowest BCUT2D eigenvalue weighted by atomic mass is 10.0. The number of amides is 1. The molecule has 0 aliphatic carbocycles. The van der Waals surface area contributed by atoms with Crippen molar-refractivity contribution < 1.29 is 4.79 Å². The molecule has 1 aliphatic heterocycles. The molecule has 26 heavy (non-hydrogen) atoms. The van der Waals surface area contributed by atoms with Crippen LogP contribution in [-0.2, 0) is 0 Å². The highest BCUT2D eigenvalue weighted by Gasteiger charge is 2.23. The first-order chi connectivity index (χ1) is 12.8. The van der Waals surface area contributed by atoms with Gasteiger partial charge in [0.2, 0.25) is 0 Å². The number of aromatic nitrogens is 5. The molecule has 132 valence electrons. The number of rotatable bonds is 4. The average molecular weight is 349 g/mol. The van der Waals surface area contributed by atoms with Crippen LogP contribution >= 0.6 is 0 Å². The van der Waals surface area contributed by atoms with Gasteiger partial charge in [0, 0.05) is 31.5 Å². The SMILES string of the molecule is O=C(NC1CCN(c2cnccn2)CC1)c1ccccc1-n1cnnc1. The number of anilines is 1. The highest BCUT2D eigenvalue weighted by atomic mass is 16.1. The lowest BCUT2D eigenvalue weighted by Crippen LogP contribution is -2.45. The van der Waals surface area contributed by atoms with Crippen LogP contribution in [0, 0.1) is 0 Å². The Morgan fingerprint density at radius 3 is 2.58 bits per heavy atom. The number of para-hydroxylation sites is 1. The average Bonchev–Trinajstić information content (AvgIpc) is 3.24. The highest BCUT2D eigenvalue weighted by Crippen LogP contribution is 2.18. The Morgan fingerprint density at radius 1 is 1.08 bits per heavy atom. The van der Waals surface area contributed by atoms with E-state index in [0.29, 0.717) is 5.56 Å². The molecular weight excluding hydrogens is 330 g/mol. The Morgan fingerprint density at radius 2 is 1.85 bits per heavy atom. The van der Waals surface area contributed by atoms with E-state index in [0.717, 1.165) is 37.4 Å². The van der Waals surface area contributed by atoms with Crippen LogP contribution in [0.1, 0.15) is 23.2 Å². The third-order valence-corrected chi connectivity index (χ3v) is 4.55. The van der Waals surface area contributed by atoms with E-state index in [1.807, 2.05) is 24.3 Å². The largest absolute Gasteiger partial charge is 0.355 e. The number of carbonyl (C=O) groups is 1. The minimum atomic E-state index is -0.0766. The van der Waals surface area contributed by atoms with Crippen LogP contribution in [0.25, 0.3) is 5.69 Å². The second-order valence-electron chi connectivity index (χ2n) is 6.18. The van der Waals surface area contributed by atoms with Crippen molar-refractivity contribution in [2.75, 3.05) is 18.0 Å². The summed E-state index contributed by atoms with van der Waals surface area (Å²) in [7, 11) is 0. The monoisotopic (exact) mass is 349 g/mol. The maximum absolute atomic E-state index is 12.8. The van der Waals surface area contributed by atoms with Crippen LogP contribution in [0.4, 0.5) is 5.82 Å². The fourth-order valence-electron chi connectivity index (χ4n) is 3.19. The van der Waals surface area contributed by atoms with Gasteiger partial charge in [-0.2, -0.15) is 0 Å². The molecule has 1 fully saturated rings. The summed E-state index contributed by atoms with van der Waals surface area (Å²) in [5.41, 5.74) is 1.38. The lowest BCUT2D eigenvalue weighted by Gasteiger charge is -2.33. The highest BCUT2D eigenvalue weighted by molar-refractivity contribution is 5.98. The summed E-state index contributed by atoms with van der Waals surface area (Å²) in [6, 6.07) is 7.60. The van der Waals surface area contributed by atoms with E-state index in [9.17, 15) is 4.79 Å². The van der Waals surface area contributed by atoms with Crippen LogP contribution in [0.5, 0.6) is 0 Å². The molecule has 3 aromatic rings. The van der Waals surface area contributed by atoms with Crippen LogP contribution in [0.15, 0.2) is 55.5 Å². The molecule has 0 spiro atoms. The van der Waals surface area contributed by atoms with E-state index in [-0.39, 0.29) is 11.9 Å². The molecule has 1 amide bonds. The Balaban J connectivity index is 1.41. The topological polar surface area (TPSA) is 88.8 Å². The molecule has 8 heteroatoms. The van der Waals surface area contributed by atoms with Gasteiger partial charge in [0.05, 0.1) is 17.4 Å². The summed E-state index contributed by atoms with van der Waals surface area (Å²) in [4.78, 5) is 23.4. The maximum Gasteiger partial charge on any atom is 0.253 e. The Bertz CT molecular complexity index is 858. The second-order valence-corrected chi connectivity index (χ2v) is 6.18. The Labute approximate surface area is 150 Å². The van der Waals surface area contributed by atoms with E-state index in [4.69, 9.17) is 0 Å². The van der Waals surface area contributed by atoms with E-state index < -0.39 is 0 Å². The normalized spacial score (nSPS) is 15.0. The Hall–Kier alpha value is -3.29. The minimum absolute atomic E-state index is 0.0766. The smallest absolute Gasteiger partial charge is 0.253 e. The second kappa shape index (κ2) is 7.30. The molecule has 0 radical (unpaired) electrons. The van der Waals surface area contributed by atoms with E-state index in [1.165, 1.54) is 0 Å². The van der Waals surface area contributed by atoms with Gasteiger partial charge in [-0.3, -0.25) is 14.3 Å². The molecule has 0 bridgehead atoms. The summed E-state index contributed by atoms with van der Waals surface area (Å²) in [6.07, 6.45) is 10.1. The van der Waals surface area contributed by atoms with Crippen molar-refractivity contribution in [3.8, 4) is 5.69 Å². The fourth-order valence-corrected chi connectivity index (χ4v) is 3.19. The lowest BCUT2D eigenvalue weighted by molar-refractivity contribution is 0.0931. The van der Waals surface area contributed by atoms with E-state index >= 15 is 0 Å². The molecule has 0 saturated carbocycles. The summed E-state index contributed by atoms with van der Waals surface area (Å²) >= 11 is 0.